The zero-order chi connectivity index (χ0) is 13.9. The third-order valence-electron chi connectivity index (χ3n) is 4.42. The highest BCUT2D eigenvalue weighted by atomic mass is 16.5. The lowest BCUT2D eigenvalue weighted by Crippen LogP contribution is -2.51. The van der Waals surface area contributed by atoms with Crippen molar-refractivity contribution in [1.29, 1.82) is 0 Å². The first kappa shape index (κ1) is 14.8. The van der Waals surface area contributed by atoms with E-state index in [9.17, 15) is 9.90 Å². The van der Waals surface area contributed by atoms with Gasteiger partial charge in [0.05, 0.1) is 6.10 Å². The van der Waals surface area contributed by atoms with Crippen molar-refractivity contribution < 1.29 is 14.6 Å². The minimum absolute atomic E-state index is 0.137. The fourth-order valence-electron chi connectivity index (χ4n) is 3.34. The number of nitrogens with zero attached hydrogens (tertiary/aromatic N) is 1. The number of likely N-dealkylation sites (tertiary alicyclic amines) is 1. The Kier molecular flexibility index (Phi) is 4.85. The maximum Gasteiger partial charge on any atom is 0.254 e. The molecule has 0 aliphatic carbocycles. The Morgan fingerprint density at radius 1 is 1.42 bits per heavy atom. The number of hydrogen-bond acceptors (Lipinski definition) is 3. The van der Waals surface area contributed by atoms with Crippen molar-refractivity contribution in [1.82, 2.24) is 4.90 Å². The van der Waals surface area contributed by atoms with E-state index in [2.05, 4.69) is 0 Å². The van der Waals surface area contributed by atoms with Crippen LogP contribution >= 0.6 is 0 Å². The quantitative estimate of drug-likeness (QED) is 0.853. The van der Waals surface area contributed by atoms with Gasteiger partial charge in [0.2, 0.25) is 0 Å². The van der Waals surface area contributed by atoms with Gasteiger partial charge in [-0.1, -0.05) is 12.8 Å². The van der Waals surface area contributed by atoms with Gasteiger partial charge in [0, 0.05) is 19.2 Å². The molecule has 2 saturated heterocycles. The third kappa shape index (κ3) is 3.48. The molecule has 2 aliphatic rings. The predicted molar refractivity (Wildman–Crippen MR) is 73.9 cm³/mol. The van der Waals surface area contributed by atoms with Crippen molar-refractivity contribution in [2.24, 2.45) is 0 Å². The Labute approximate surface area is 116 Å². The molecule has 0 spiro atoms. The lowest BCUT2D eigenvalue weighted by molar-refractivity contribution is -0.154. The number of amides is 1. The largest absolute Gasteiger partial charge is 0.393 e. The summed E-state index contributed by atoms with van der Waals surface area (Å²) in [4.78, 5) is 14.8. The maximum absolute atomic E-state index is 12.8. The van der Waals surface area contributed by atoms with Gasteiger partial charge in [0.1, 0.15) is 5.60 Å². The van der Waals surface area contributed by atoms with Crippen LogP contribution in [0.5, 0.6) is 0 Å². The summed E-state index contributed by atoms with van der Waals surface area (Å²) in [6, 6.07) is 0.177. The molecule has 2 fully saturated rings. The van der Waals surface area contributed by atoms with E-state index < -0.39 is 5.60 Å². The number of rotatable bonds is 3. The first-order valence-corrected chi connectivity index (χ1v) is 7.66. The SMILES string of the molecule is CC(O)CC1CCCCCN1C(=O)C1(C)CCCO1. The van der Waals surface area contributed by atoms with E-state index >= 15 is 0 Å². The molecule has 3 atom stereocenters. The van der Waals surface area contributed by atoms with Gasteiger partial charge in [0.15, 0.2) is 0 Å². The molecule has 1 amide bonds. The molecule has 0 bridgehead atoms. The molecule has 0 aromatic rings. The molecular formula is C15H27NO3. The van der Waals surface area contributed by atoms with E-state index in [4.69, 9.17) is 4.74 Å². The van der Waals surface area contributed by atoms with Crippen LogP contribution < -0.4 is 0 Å². The van der Waals surface area contributed by atoms with Gasteiger partial charge in [-0.05, 0) is 46.0 Å². The summed E-state index contributed by atoms with van der Waals surface area (Å²) >= 11 is 0. The second-order valence-electron chi connectivity index (χ2n) is 6.27. The van der Waals surface area contributed by atoms with Crippen molar-refractivity contribution in [2.45, 2.75) is 76.5 Å². The molecule has 0 aromatic carbocycles. The highest BCUT2D eigenvalue weighted by Gasteiger charge is 2.42. The summed E-state index contributed by atoms with van der Waals surface area (Å²) in [5.41, 5.74) is -0.624. The summed E-state index contributed by atoms with van der Waals surface area (Å²) in [7, 11) is 0. The van der Waals surface area contributed by atoms with Crippen molar-refractivity contribution in [3.63, 3.8) is 0 Å². The number of carbonyl (C=O) groups is 1. The molecule has 2 heterocycles. The van der Waals surface area contributed by atoms with Crippen LogP contribution in [0.1, 0.15) is 58.8 Å². The predicted octanol–water partition coefficient (Wildman–Crippen LogP) is 2.10. The van der Waals surface area contributed by atoms with Crippen LogP contribution in [0.2, 0.25) is 0 Å². The highest BCUT2D eigenvalue weighted by Crippen LogP contribution is 2.30. The first-order valence-electron chi connectivity index (χ1n) is 7.66. The summed E-state index contributed by atoms with van der Waals surface area (Å²) in [5.74, 6) is 0.137. The van der Waals surface area contributed by atoms with Crippen LogP contribution in [0, 0.1) is 0 Å². The Morgan fingerprint density at radius 3 is 2.84 bits per heavy atom. The maximum atomic E-state index is 12.8. The molecule has 0 saturated carbocycles. The van der Waals surface area contributed by atoms with Gasteiger partial charge in [-0.3, -0.25) is 4.79 Å². The number of ether oxygens (including phenoxy) is 1. The van der Waals surface area contributed by atoms with Gasteiger partial charge in [-0.15, -0.1) is 0 Å². The van der Waals surface area contributed by atoms with Crippen LogP contribution in [0.15, 0.2) is 0 Å². The number of carbonyl (C=O) groups excluding carboxylic acids is 1. The molecule has 4 heteroatoms. The highest BCUT2D eigenvalue weighted by molar-refractivity contribution is 5.85. The van der Waals surface area contributed by atoms with Gasteiger partial charge in [-0.25, -0.2) is 0 Å². The van der Waals surface area contributed by atoms with E-state index in [1.54, 1.807) is 6.92 Å². The lowest BCUT2D eigenvalue weighted by Gasteiger charge is -2.36. The fraction of sp³-hybridized carbons (Fsp3) is 0.933. The van der Waals surface area contributed by atoms with Crippen LogP contribution in [0.4, 0.5) is 0 Å². The Hall–Kier alpha value is -0.610. The lowest BCUT2D eigenvalue weighted by atomic mass is 9.97. The summed E-state index contributed by atoms with van der Waals surface area (Å²) in [6.07, 6.45) is 6.53. The van der Waals surface area contributed by atoms with Crippen molar-refractivity contribution in [2.75, 3.05) is 13.2 Å². The summed E-state index contributed by atoms with van der Waals surface area (Å²) < 4.78 is 5.70. The number of hydrogen-bond donors (Lipinski definition) is 1. The van der Waals surface area contributed by atoms with Gasteiger partial charge in [-0.2, -0.15) is 0 Å². The molecule has 19 heavy (non-hydrogen) atoms. The van der Waals surface area contributed by atoms with Crippen molar-refractivity contribution in [3.8, 4) is 0 Å². The number of aliphatic hydroxyl groups is 1. The Balaban J connectivity index is 2.10. The van der Waals surface area contributed by atoms with E-state index in [0.29, 0.717) is 13.0 Å². The zero-order valence-electron chi connectivity index (χ0n) is 12.2. The molecule has 0 radical (unpaired) electrons. The number of aliphatic hydroxyl groups excluding tert-OH is 1. The first-order chi connectivity index (χ1) is 9.03. The summed E-state index contributed by atoms with van der Waals surface area (Å²) in [5, 5.41) is 9.66. The van der Waals surface area contributed by atoms with Gasteiger partial charge >= 0.3 is 0 Å². The van der Waals surface area contributed by atoms with Crippen molar-refractivity contribution in [3.05, 3.63) is 0 Å². The standard InChI is InChI=1S/C15H27NO3/c1-12(17)11-13-7-4-3-5-9-16(13)14(18)15(2)8-6-10-19-15/h12-13,17H,3-11H2,1-2H3. The van der Waals surface area contributed by atoms with Gasteiger partial charge < -0.3 is 14.7 Å². The van der Waals surface area contributed by atoms with E-state index in [1.165, 1.54) is 6.42 Å². The minimum Gasteiger partial charge on any atom is -0.393 e. The monoisotopic (exact) mass is 269 g/mol. The Bertz CT molecular complexity index is 311. The molecule has 4 nitrogen and oxygen atoms in total. The molecule has 0 aromatic heterocycles. The average Bonchev–Trinajstić information content (AvgIpc) is 2.68. The normalized spacial score (nSPS) is 34.1. The van der Waals surface area contributed by atoms with Gasteiger partial charge in [0.25, 0.3) is 5.91 Å². The minimum atomic E-state index is -0.624. The molecule has 2 aliphatic heterocycles. The molecule has 2 rings (SSSR count). The second kappa shape index (κ2) is 6.23. The smallest absolute Gasteiger partial charge is 0.254 e. The molecule has 110 valence electrons. The van der Waals surface area contributed by atoms with Crippen LogP contribution in [-0.4, -0.2) is 46.8 Å². The fourth-order valence-corrected chi connectivity index (χ4v) is 3.34. The van der Waals surface area contributed by atoms with Crippen LogP contribution in [0.3, 0.4) is 0 Å². The van der Waals surface area contributed by atoms with E-state index in [-0.39, 0.29) is 18.1 Å². The van der Waals surface area contributed by atoms with E-state index in [0.717, 1.165) is 38.6 Å². The topological polar surface area (TPSA) is 49.8 Å². The zero-order valence-corrected chi connectivity index (χ0v) is 12.2. The van der Waals surface area contributed by atoms with Crippen LogP contribution in [-0.2, 0) is 9.53 Å². The van der Waals surface area contributed by atoms with E-state index in [1.807, 2.05) is 11.8 Å². The second-order valence-corrected chi connectivity index (χ2v) is 6.27. The van der Waals surface area contributed by atoms with Crippen LogP contribution in [0.25, 0.3) is 0 Å². The molecule has 3 unspecified atom stereocenters. The van der Waals surface area contributed by atoms with Crippen molar-refractivity contribution >= 4 is 5.91 Å². The Morgan fingerprint density at radius 2 is 2.21 bits per heavy atom. The molecule has 1 N–H and O–H groups in total. The average molecular weight is 269 g/mol. The molecular weight excluding hydrogens is 242 g/mol. The third-order valence-corrected chi connectivity index (χ3v) is 4.42. The summed E-state index contributed by atoms with van der Waals surface area (Å²) in [6.45, 7) is 5.24.